The standard InChI is InChI=1S/C20H23FN2O3/c1-25-17-9-10-19(26-2)18(12-17)20(24)23-11-3-4-16(13-23)22-15-7-5-14(21)6-8-15/h5-10,12,16,22H,3-4,11,13H2,1-2H3. The molecule has 1 amide bonds. The Kier molecular flexibility index (Phi) is 5.61. The van der Waals surface area contributed by atoms with E-state index in [-0.39, 0.29) is 17.8 Å². The number of hydrogen-bond donors (Lipinski definition) is 1. The van der Waals surface area contributed by atoms with Crippen LogP contribution in [0.4, 0.5) is 10.1 Å². The molecule has 0 bridgehead atoms. The highest BCUT2D eigenvalue weighted by Gasteiger charge is 2.26. The molecule has 1 atom stereocenters. The van der Waals surface area contributed by atoms with Gasteiger partial charge in [-0.2, -0.15) is 0 Å². The van der Waals surface area contributed by atoms with E-state index in [4.69, 9.17) is 9.47 Å². The van der Waals surface area contributed by atoms with Crippen molar-refractivity contribution in [2.45, 2.75) is 18.9 Å². The van der Waals surface area contributed by atoms with Crippen LogP contribution >= 0.6 is 0 Å². The van der Waals surface area contributed by atoms with Gasteiger partial charge >= 0.3 is 0 Å². The minimum absolute atomic E-state index is 0.0774. The molecule has 0 saturated carbocycles. The van der Waals surface area contributed by atoms with Gasteiger partial charge in [-0.15, -0.1) is 0 Å². The highest BCUT2D eigenvalue weighted by molar-refractivity contribution is 5.97. The van der Waals surface area contributed by atoms with Crippen LogP contribution in [0.2, 0.25) is 0 Å². The van der Waals surface area contributed by atoms with Gasteiger partial charge in [0.15, 0.2) is 0 Å². The summed E-state index contributed by atoms with van der Waals surface area (Å²) in [6.45, 7) is 1.28. The Balaban J connectivity index is 1.72. The van der Waals surface area contributed by atoms with Gasteiger partial charge in [0.1, 0.15) is 17.3 Å². The van der Waals surface area contributed by atoms with Crippen LogP contribution in [0.1, 0.15) is 23.2 Å². The quantitative estimate of drug-likeness (QED) is 0.888. The van der Waals surface area contributed by atoms with E-state index in [9.17, 15) is 9.18 Å². The number of carbonyl (C=O) groups is 1. The number of hydrogen-bond acceptors (Lipinski definition) is 4. The average molecular weight is 358 g/mol. The van der Waals surface area contributed by atoms with Crippen molar-refractivity contribution in [2.75, 3.05) is 32.6 Å². The zero-order valence-electron chi connectivity index (χ0n) is 15.0. The molecule has 2 aromatic carbocycles. The van der Waals surface area contributed by atoms with Crippen LogP contribution in [-0.4, -0.2) is 44.2 Å². The lowest BCUT2D eigenvalue weighted by atomic mass is 10.0. The zero-order valence-corrected chi connectivity index (χ0v) is 15.0. The summed E-state index contributed by atoms with van der Waals surface area (Å²) in [5.74, 6) is 0.809. The number of likely N-dealkylation sites (tertiary alicyclic amines) is 1. The van der Waals surface area contributed by atoms with Gasteiger partial charge in [-0.25, -0.2) is 4.39 Å². The summed E-state index contributed by atoms with van der Waals surface area (Å²) >= 11 is 0. The van der Waals surface area contributed by atoms with Gasteiger partial charge in [0.2, 0.25) is 0 Å². The van der Waals surface area contributed by atoms with Crippen LogP contribution in [0.25, 0.3) is 0 Å². The Labute approximate surface area is 152 Å². The Hall–Kier alpha value is -2.76. The number of ether oxygens (including phenoxy) is 2. The first-order valence-electron chi connectivity index (χ1n) is 8.64. The molecule has 138 valence electrons. The summed E-state index contributed by atoms with van der Waals surface area (Å²) in [5, 5.41) is 3.38. The highest BCUT2D eigenvalue weighted by Crippen LogP contribution is 2.27. The molecule has 26 heavy (non-hydrogen) atoms. The summed E-state index contributed by atoms with van der Waals surface area (Å²) in [5.41, 5.74) is 1.35. The molecule has 1 N–H and O–H groups in total. The summed E-state index contributed by atoms with van der Waals surface area (Å²) in [6, 6.07) is 11.6. The van der Waals surface area contributed by atoms with E-state index < -0.39 is 0 Å². The van der Waals surface area contributed by atoms with E-state index in [1.807, 2.05) is 4.90 Å². The van der Waals surface area contributed by atoms with Crippen LogP contribution in [0, 0.1) is 5.82 Å². The summed E-state index contributed by atoms with van der Waals surface area (Å²) in [7, 11) is 3.12. The van der Waals surface area contributed by atoms with Crippen molar-refractivity contribution >= 4 is 11.6 Å². The maximum Gasteiger partial charge on any atom is 0.257 e. The lowest BCUT2D eigenvalue weighted by Gasteiger charge is -2.34. The summed E-state index contributed by atoms with van der Waals surface area (Å²) < 4.78 is 23.6. The first kappa shape index (κ1) is 18.0. The molecule has 0 aliphatic carbocycles. The van der Waals surface area contributed by atoms with Crippen LogP contribution < -0.4 is 14.8 Å². The first-order chi connectivity index (χ1) is 12.6. The molecule has 0 aromatic heterocycles. The SMILES string of the molecule is COc1ccc(OC)c(C(=O)N2CCCC(Nc3ccc(F)cc3)C2)c1. The van der Waals surface area contributed by atoms with E-state index in [2.05, 4.69) is 5.32 Å². The van der Waals surface area contributed by atoms with Crippen molar-refractivity contribution in [1.82, 2.24) is 4.90 Å². The molecular formula is C20H23FN2O3. The zero-order chi connectivity index (χ0) is 18.5. The molecule has 6 heteroatoms. The third-order valence-corrected chi connectivity index (χ3v) is 4.56. The molecule has 2 aromatic rings. The number of halogens is 1. The van der Waals surface area contributed by atoms with Gasteiger partial charge in [-0.05, 0) is 55.3 Å². The van der Waals surface area contributed by atoms with Crippen molar-refractivity contribution in [3.63, 3.8) is 0 Å². The fourth-order valence-corrected chi connectivity index (χ4v) is 3.21. The van der Waals surface area contributed by atoms with Gasteiger partial charge < -0.3 is 19.7 Å². The Bertz CT molecular complexity index is 764. The van der Waals surface area contributed by atoms with Crippen molar-refractivity contribution in [1.29, 1.82) is 0 Å². The molecule has 1 aliphatic rings. The van der Waals surface area contributed by atoms with E-state index in [1.165, 1.54) is 12.1 Å². The van der Waals surface area contributed by atoms with Crippen LogP contribution in [0.3, 0.4) is 0 Å². The summed E-state index contributed by atoms with van der Waals surface area (Å²) in [6.07, 6.45) is 1.85. The van der Waals surface area contributed by atoms with Gasteiger partial charge in [0, 0.05) is 24.8 Å². The van der Waals surface area contributed by atoms with Gasteiger partial charge in [0.25, 0.3) is 5.91 Å². The minimum Gasteiger partial charge on any atom is -0.497 e. The third kappa shape index (κ3) is 4.07. The van der Waals surface area contributed by atoms with Crippen LogP contribution in [-0.2, 0) is 0 Å². The fourth-order valence-electron chi connectivity index (χ4n) is 3.21. The number of methoxy groups -OCH3 is 2. The maximum absolute atomic E-state index is 13.1. The lowest BCUT2D eigenvalue weighted by Crippen LogP contribution is -2.45. The number of anilines is 1. The van der Waals surface area contributed by atoms with Crippen LogP contribution in [0.15, 0.2) is 42.5 Å². The van der Waals surface area contributed by atoms with E-state index >= 15 is 0 Å². The molecule has 1 fully saturated rings. The molecule has 0 spiro atoms. The number of piperidine rings is 1. The topological polar surface area (TPSA) is 50.8 Å². The van der Waals surface area contributed by atoms with Crippen molar-refractivity contribution in [3.8, 4) is 11.5 Å². The predicted octanol–water partition coefficient (Wildman–Crippen LogP) is 3.56. The van der Waals surface area contributed by atoms with E-state index in [0.717, 1.165) is 18.5 Å². The first-order valence-corrected chi connectivity index (χ1v) is 8.64. The fraction of sp³-hybridized carbons (Fsp3) is 0.350. The number of nitrogens with zero attached hydrogens (tertiary/aromatic N) is 1. The lowest BCUT2D eigenvalue weighted by molar-refractivity contribution is 0.0711. The second kappa shape index (κ2) is 8.08. The molecule has 1 aliphatic heterocycles. The summed E-state index contributed by atoms with van der Waals surface area (Å²) in [4.78, 5) is 14.8. The molecule has 1 unspecified atom stereocenters. The van der Waals surface area contributed by atoms with E-state index in [0.29, 0.717) is 30.2 Å². The predicted molar refractivity (Wildman–Crippen MR) is 98.5 cm³/mol. The monoisotopic (exact) mass is 358 g/mol. The Morgan fingerprint density at radius 3 is 2.62 bits per heavy atom. The van der Waals surface area contributed by atoms with Crippen molar-refractivity contribution in [3.05, 3.63) is 53.8 Å². The number of amides is 1. The van der Waals surface area contributed by atoms with Gasteiger partial charge in [-0.1, -0.05) is 0 Å². The largest absolute Gasteiger partial charge is 0.497 e. The molecule has 1 saturated heterocycles. The third-order valence-electron chi connectivity index (χ3n) is 4.56. The molecule has 5 nitrogen and oxygen atoms in total. The van der Waals surface area contributed by atoms with Crippen LogP contribution in [0.5, 0.6) is 11.5 Å². The smallest absolute Gasteiger partial charge is 0.257 e. The molecule has 1 heterocycles. The van der Waals surface area contributed by atoms with E-state index in [1.54, 1.807) is 44.6 Å². The second-order valence-electron chi connectivity index (χ2n) is 6.31. The number of rotatable bonds is 5. The maximum atomic E-state index is 13.1. The normalized spacial score (nSPS) is 16.9. The van der Waals surface area contributed by atoms with Gasteiger partial charge in [-0.3, -0.25) is 4.79 Å². The molecule has 0 radical (unpaired) electrons. The number of benzene rings is 2. The molecule has 3 rings (SSSR count). The second-order valence-corrected chi connectivity index (χ2v) is 6.31. The van der Waals surface area contributed by atoms with Gasteiger partial charge in [0.05, 0.1) is 19.8 Å². The number of carbonyl (C=O) groups excluding carboxylic acids is 1. The Morgan fingerprint density at radius 2 is 1.92 bits per heavy atom. The minimum atomic E-state index is -0.263. The number of nitrogens with one attached hydrogen (secondary N) is 1. The Morgan fingerprint density at radius 1 is 1.15 bits per heavy atom. The molecular weight excluding hydrogens is 335 g/mol. The van der Waals surface area contributed by atoms with Crippen molar-refractivity contribution in [2.24, 2.45) is 0 Å². The highest BCUT2D eigenvalue weighted by atomic mass is 19.1. The average Bonchev–Trinajstić information content (AvgIpc) is 2.69. The van der Waals surface area contributed by atoms with Crippen molar-refractivity contribution < 1.29 is 18.7 Å².